The van der Waals surface area contributed by atoms with E-state index in [2.05, 4.69) is 26.4 Å². The lowest BCUT2D eigenvalue weighted by atomic mass is 10.1. The van der Waals surface area contributed by atoms with E-state index in [9.17, 15) is 8.78 Å². The molecule has 0 amide bonds. The zero-order valence-electron chi connectivity index (χ0n) is 14.8. The maximum atomic E-state index is 13.4. The van der Waals surface area contributed by atoms with Crippen LogP contribution in [0.4, 0.5) is 26.1 Å². The van der Waals surface area contributed by atoms with Gasteiger partial charge in [0.25, 0.3) is 0 Å². The molecule has 0 spiro atoms. The van der Waals surface area contributed by atoms with E-state index >= 15 is 0 Å². The van der Waals surface area contributed by atoms with Gasteiger partial charge in [0.1, 0.15) is 18.0 Å². The predicted octanol–water partition coefficient (Wildman–Crippen LogP) is 3.43. The van der Waals surface area contributed by atoms with E-state index in [0.29, 0.717) is 19.2 Å². The van der Waals surface area contributed by atoms with Gasteiger partial charge in [-0.15, -0.1) is 5.10 Å². The van der Waals surface area contributed by atoms with Gasteiger partial charge in [0.15, 0.2) is 0 Å². The van der Waals surface area contributed by atoms with E-state index < -0.39 is 11.6 Å². The van der Waals surface area contributed by atoms with Gasteiger partial charge in [-0.1, -0.05) is 0 Å². The van der Waals surface area contributed by atoms with E-state index in [-0.39, 0.29) is 5.69 Å². The maximum absolute atomic E-state index is 13.4. The van der Waals surface area contributed by atoms with Crippen molar-refractivity contribution < 1.29 is 13.5 Å². The van der Waals surface area contributed by atoms with Crippen molar-refractivity contribution in [2.75, 3.05) is 36.5 Å². The molecule has 140 valence electrons. The highest BCUT2D eigenvalue weighted by molar-refractivity contribution is 5.64. The first-order chi connectivity index (χ1) is 13.1. The van der Waals surface area contributed by atoms with E-state index in [4.69, 9.17) is 4.74 Å². The van der Waals surface area contributed by atoms with Gasteiger partial charge >= 0.3 is 0 Å². The van der Waals surface area contributed by atoms with Crippen molar-refractivity contribution in [1.29, 1.82) is 0 Å². The molecule has 1 aliphatic rings. The molecule has 0 saturated carbocycles. The van der Waals surface area contributed by atoms with Gasteiger partial charge in [0, 0.05) is 30.5 Å². The summed E-state index contributed by atoms with van der Waals surface area (Å²) in [5.41, 5.74) is 3.33. The molecule has 0 radical (unpaired) electrons. The summed E-state index contributed by atoms with van der Waals surface area (Å²) in [5, 5.41) is 7.41. The van der Waals surface area contributed by atoms with Crippen LogP contribution in [0.1, 0.15) is 5.56 Å². The summed E-state index contributed by atoms with van der Waals surface area (Å²) in [6.07, 6.45) is 1.41. The number of nitrogens with one attached hydrogen (secondary N) is 1. The Balaban J connectivity index is 1.56. The predicted molar refractivity (Wildman–Crippen MR) is 98.8 cm³/mol. The molecule has 27 heavy (non-hydrogen) atoms. The van der Waals surface area contributed by atoms with E-state index in [0.717, 1.165) is 36.1 Å². The minimum atomic E-state index is -0.663. The topological polar surface area (TPSA) is 55.2 Å². The molecular weight excluding hydrogens is 352 g/mol. The Morgan fingerprint density at radius 3 is 2.44 bits per heavy atom. The summed E-state index contributed by atoms with van der Waals surface area (Å²) in [6.45, 7) is 5.15. The number of anilines is 3. The smallest absolute Gasteiger partial charge is 0.246 e. The molecule has 8 heteroatoms. The molecule has 1 fully saturated rings. The number of aryl methyl sites for hydroxylation is 1. The maximum Gasteiger partial charge on any atom is 0.246 e. The molecule has 0 atom stereocenters. The molecule has 1 N–H and O–H groups in total. The standard InChI is InChI=1S/C19H19F2N5O/c1-13-6-16(11-17(7-13)25-2-4-27-5-3-25)23-19-22-12-26(24-19)18-9-14(20)8-15(21)10-18/h6-12H,2-5H2,1H3,(H,23,24). The number of aromatic nitrogens is 3. The van der Waals surface area contributed by atoms with Crippen molar-refractivity contribution in [2.45, 2.75) is 6.92 Å². The molecule has 6 nitrogen and oxygen atoms in total. The van der Waals surface area contributed by atoms with Crippen LogP contribution in [0.15, 0.2) is 42.7 Å². The number of morpholine rings is 1. The van der Waals surface area contributed by atoms with Crippen molar-refractivity contribution in [3.63, 3.8) is 0 Å². The first kappa shape index (κ1) is 17.4. The molecule has 1 saturated heterocycles. The van der Waals surface area contributed by atoms with E-state index in [1.165, 1.54) is 23.1 Å². The molecule has 0 bridgehead atoms. The lowest BCUT2D eigenvalue weighted by Gasteiger charge is -2.29. The number of rotatable bonds is 4. The SMILES string of the molecule is Cc1cc(Nc2ncn(-c3cc(F)cc(F)c3)n2)cc(N2CCOCC2)c1. The Labute approximate surface area is 155 Å². The normalized spacial score (nSPS) is 14.4. The van der Waals surface area contributed by atoms with Crippen LogP contribution in [-0.2, 0) is 4.74 Å². The number of hydrogen-bond acceptors (Lipinski definition) is 5. The quantitative estimate of drug-likeness (QED) is 0.762. The van der Waals surface area contributed by atoms with Crippen LogP contribution in [0.5, 0.6) is 0 Å². The van der Waals surface area contributed by atoms with Gasteiger partial charge in [-0.05, 0) is 42.8 Å². The Morgan fingerprint density at radius 1 is 0.963 bits per heavy atom. The highest BCUT2D eigenvalue weighted by atomic mass is 19.1. The van der Waals surface area contributed by atoms with Gasteiger partial charge in [0.2, 0.25) is 5.95 Å². The highest BCUT2D eigenvalue weighted by Crippen LogP contribution is 2.25. The lowest BCUT2D eigenvalue weighted by molar-refractivity contribution is 0.122. The zero-order valence-corrected chi connectivity index (χ0v) is 14.8. The Morgan fingerprint density at radius 2 is 1.70 bits per heavy atom. The third-order valence-corrected chi connectivity index (χ3v) is 4.30. The van der Waals surface area contributed by atoms with Crippen LogP contribution in [-0.4, -0.2) is 41.1 Å². The third kappa shape index (κ3) is 4.06. The van der Waals surface area contributed by atoms with Gasteiger partial charge in [-0.3, -0.25) is 0 Å². The van der Waals surface area contributed by atoms with E-state index in [1.807, 2.05) is 19.1 Å². The van der Waals surface area contributed by atoms with Gasteiger partial charge in [-0.25, -0.2) is 13.5 Å². The van der Waals surface area contributed by atoms with Crippen LogP contribution in [0.25, 0.3) is 5.69 Å². The summed E-state index contributed by atoms with van der Waals surface area (Å²) < 4.78 is 33.5. The first-order valence-corrected chi connectivity index (χ1v) is 8.66. The number of halogens is 2. The van der Waals surface area contributed by atoms with Crippen LogP contribution < -0.4 is 10.2 Å². The highest BCUT2D eigenvalue weighted by Gasteiger charge is 2.13. The Bertz CT molecular complexity index is 933. The Kier molecular flexibility index (Phi) is 4.72. The van der Waals surface area contributed by atoms with Crippen molar-refractivity contribution in [3.05, 3.63) is 59.9 Å². The molecule has 3 aromatic rings. The summed E-state index contributed by atoms with van der Waals surface area (Å²) in [5.74, 6) is -0.981. The number of ether oxygens (including phenoxy) is 1. The van der Waals surface area contributed by atoms with Crippen LogP contribution in [0.3, 0.4) is 0 Å². The number of benzene rings is 2. The van der Waals surface area contributed by atoms with Crippen molar-refractivity contribution in [1.82, 2.24) is 14.8 Å². The summed E-state index contributed by atoms with van der Waals surface area (Å²) in [4.78, 5) is 6.45. The number of nitrogens with zero attached hydrogens (tertiary/aromatic N) is 4. The monoisotopic (exact) mass is 371 g/mol. The largest absolute Gasteiger partial charge is 0.378 e. The average molecular weight is 371 g/mol. The first-order valence-electron chi connectivity index (χ1n) is 8.66. The second-order valence-electron chi connectivity index (χ2n) is 6.42. The van der Waals surface area contributed by atoms with Gasteiger partial charge in [0.05, 0.1) is 18.9 Å². The second-order valence-corrected chi connectivity index (χ2v) is 6.42. The molecule has 2 aromatic carbocycles. The van der Waals surface area contributed by atoms with Crippen molar-refractivity contribution in [3.8, 4) is 5.69 Å². The average Bonchev–Trinajstić information content (AvgIpc) is 3.10. The van der Waals surface area contributed by atoms with Crippen LogP contribution in [0.2, 0.25) is 0 Å². The molecule has 0 aliphatic carbocycles. The number of hydrogen-bond donors (Lipinski definition) is 1. The fraction of sp³-hybridized carbons (Fsp3) is 0.263. The molecule has 0 unspecified atom stereocenters. The minimum absolute atomic E-state index is 0.270. The fourth-order valence-corrected chi connectivity index (χ4v) is 3.08. The minimum Gasteiger partial charge on any atom is -0.378 e. The van der Waals surface area contributed by atoms with Crippen molar-refractivity contribution in [2.24, 2.45) is 0 Å². The molecule has 1 aromatic heterocycles. The summed E-state index contributed by atoms with van der Waals surface area (Å²) in [7, 11) is 0. The molecular formula is C19H19F2N5O. The van der Waals surface area contributed by atoms with Crippen LogP contribution in [0, 0.1) is 18.6 Å². The van der Waals surface area contributed by atoms with Crippen LogP contribution >= 0.6 is 0 Å². The summed E-state index contributed by atoms with van der Waals surface area (Å²) >= 11 is 0. The zero-order chi connectivity index (χ0) is 18.8. The van der Waals surface area contributed by atoms with E-state index in [1.54, 1.807) is 0 Å². The Hall–Kier alpha value is -3.00. The molecule has 2 heterocycles. The van der Waals surface area contributed by atoms with Crippen molar-refractivity contribution >= 4 is 17.3 Å². The second kappa shape index (κ2) is 7.32. The lowest BCUT2D eigenvalue weighted by Crippen LogP contribution is -2.36. The van der Waals surface area contributed by atoms with Gasteiger partial charge in [-0.2, -0.15) is 4.98 Å². The van der Waals surface area contributed by atoms with Gasteiger partial charge < -0.3 is 15.0 Å². The summed E-state index contributed by atoms with van der Waals surface area (Å²) in [6, 6.07) is 9.36. The third-order valence-electron chi connectivity index (χ3n) is 4.30. The fourth-order valence-electron chi connectivity index (χ4n) is 3.08. The molecule has 4 rings (SSSR count). The molecule has 1 aliphatic heterocycles.